The highest BCUT2D eigenvalue weighted by Gasteiger charge is 2.22. The molecular formula is C13H20FN. The van der Waals surface area contributed by atoms with Gasteiger partial charge in [-0.05, 0) is 36.6 Å². The number of benzene rings is 1. The third kappa shape index (κ3) is 3.31. The Morgan fingerprint density at radius 2 is 1.93 bits per heavy atom. The molecular weight excluding hydrogens is 189 g/mol. The standard InChI is InChI=1S/C13H20FN/c1-4-15-10-9-13(2,3)11-7-5-6-8-12(11)14/h5-8,15H,4,9-10H2,1-3H3. The van der Waals surface area contributed by atoms with E-state index in [0.717, 1.165) is 25.1 Å². The second-order valence-corrected chi connectivity index (χ2v) is 4.47. The summed E-state index contributed by atoms with van der Waals surface area (Å²) < 4.78 is 13.6. The van der Waals surface area contributed by atoms with Crippen LogP contribution in [0.3, 0.4) is 0 Å². The molecule has 0 atom stereocenters. The van der Waals surface area contributed by atoms with Crippen LogP contribution < -0.4 is 5.32 Å². The third-order valence-electron chi connectivity index (χ3n) is 2.78. The highest BCUT2D eigenvalue weighted by molar-refractivity contribution is 5.25. The molecule has 1 aromatic carbocycles. The Hall–Kier alpha value is -0.890. The van der Waals surface area contributed by atoms with E-state index in [4.69, 9.17) is 0 Å². The number of halogens is 1. The van der Waals surface area contributed by atoms with E-state index < -0.39 is 0 Å². The predicted octanol–water partition coefficient (Wildman–Crippen LogP) is 3.10. The molecule has 1 N–H and O–H groups in total. The van der Waals surface area contributed by atoms with Gasteiger partial charge in [0.05, 0.1) is 0 Å². The van der Waals surface area contributed by atoms with Gasteiger partial charge in [0.2, 0.25) is 0 Å². The molecule has 0 heterocycles. The zero-order chi connectivity index (χ0) is 11.3. The van der Waals surface area contributed by atoms with E-state index in [1.54, 1.807) is 6.07 Å². The molecule has 2 heteroatoms. The molecule has 0 saturated heterocycles. The molecule has 0 bridgehead atoms. The van der Waals surface area contributed by atoms with Crippen molar-refractivity contribution in [2.24, 2.45) is 0 Å². The fourth-order valence-corrected chi connectivity index (χ4v) is 1.72. The van der Waals surface area contributed by atoms with Gasteiger partial charge in [-0.1, -0.05) is 39.0 Å². The lowest BCUT2D eigenvalue weighted by molar-refractivity contribution is 0.437. The van der Waals surface area contributed by atoms with Gasteiger partial charge < -0.3 is 5.32 Å². The molecule has 0 aliphatic heterocycles. The van der Waals surface area contributed by atoms with Crippen molar-refractivity contribution in [1.82, 2.24) is 5.32 Å². The molecule has 1 nitrogen and oxygen atoms in total. The first-order chi connectivity index (χ1) is 7.08. The fourth-order valence-electron chi connectivity index (χ4n) is 1.72. The largest absolute Gasteiger partial charge is 0.317 e. The topological polar surface area (TPSA) is 12.0 Å². The first-order valence-corrected chi connectivity index (χ1v) is 5.53. The number of hydrogen-bond acceptors (Lipinski definition) is 1. The Labute approximate surface area is 91.7 Å². The second kappa shape index (κ2) is 5.26. The summed E-state index contributed by atoms with van der Waals surface area (Å²) in [5.41, 5.74) is 0.705. The molecule has 0 amide bonds. The molecule has 0 aliphatic carbocycles. The SMILES string of the molecule is CCNCCC(C)(C)c1ccccc1F. The summed E-state index contributed by atoms with van der Waals surface area (Å²) in [5.74, 6) is -0.0981. The summed E-state index contributed by atoms with van der Waals surface area (Å²) in [6, 6.07) is 7.04. The Morgan fingerprint density at radius 3 is 2.53 bits per heavy atom. The van der Waals surface area contributed by atoms with Gasteiger partial charge in [0, 0.05) is 0 Å². The fraction of sp³-hybridized carbons (Fsp3) is 0.538. The van der Waals surface area contributed by atoms with Gasteiger partial charge in [-0.3, -0.25) is 0 Å². The maximum Gasteiger partial charge on any atom is 0.126 e. The van der Waals surface area contributed by atoms with Crippen molar-refractivity contribution in [3.63, 3.8) is 0 Å². The van der Waals surface area contributed by atoms with E-state index in [1.807, 2.05) is 12.1 Å². The Kier molecular flexibility index (Phi) is 4.28. The zero-order valence-corrected chi connectivity index (χ0v) is 9.81. The smallest absolute Gasteiger partial charge is 0.126 e. The highest BCUT2D eigenvalue weighted by atomic mass is 19.1. The van der Waals surface area contributed by atoms with E-state index in [-0.39, 0.29) is 11.2 Å². The van der Waals surface area contributed by atoms with E-state index in [9.17, 15) is 4.39 Å². The van der Waals surface area contributed by atoms with Crippen LogP contribution in [-0.2, 0) is 5.41 Å². The molecule has 0 aliphatic rings. The summed E-state index contributed by atoms with van der Waals surface area (Å²) in [4.78, 5) is 0. The average Bonchev–Trinajstić information content (AvgIpc) is 2.18. The first-order valence-electron chi connectivity index (χ1n) is 5.53. The molecule has 1 rings (SSSR count). The monoisotopic (exact) mass is 209 g/mol. The van der Waals surface area contributed by atoms with E-state index in [2.05, 4.69) is 26.1 Å². The van der Waals surface area contributed by atoms with Crippen molar-refractivity contribution in [2.75, 3.05) is 13.1 Å². The Morgan fingerprint density at radius 1 is 1.27 bits per heavy atom. The Bertz CT molecular complexity index is 307. The van der Waals surface area contributed by atoms with Crippen molar-refractivity contribution in [1.29, 1.82) is 0 Å². The van der Waals surface area contributed by atoms with E-state index in [0.29, 0.717) is 0 Å². The van der Waals surface area contributed by atoms with E-state index >= 15 is 0 Å². The van der Waals surface area contributed by atoms with Crippen molar-refractivity contribution in [2.45, 2.75) is 32.6 Å². The molecule has 0 aromatic heterocycles. The normalized spacial score (nSPS) is 11.7. The predicted molar refractivity (Wildman–Crippen MR) is 62.6 cm³/mol. The third-order valence-corrected chi connectivity index (χ3v) is 2.78. The van der Waals surface area contributed by atoms with Crippen LogP contribution in [0.2, 0.25) is 0 Å². The highest BCUT2D eigenvalue weighted by Crippen LogP contribution is 2.28. The summed E-state index contributed by atoms with van der Waals surface area (Å²) in [5, 5.41) is 3.27. The van der Waals surface area contributed by atoms with Gasteiger partial charge in [0.25, 0.3) is 0 Å². The summed E-state index contributed by atoms with van der Waals surface area (Å²) in [6.07, 6.45) is 0.946. The van der Waals surface area contributed by atoms with Gasteiger partial charge in [-0.2, -0.15) is 0 Å². The van der Waals surface area contributed by atoms with Crippen LogP contribution in [0.5, 0.6) is 0 Å². The van der Waals surface area contributed by atoms with Crippen LogP contribution in [0.25, 0.3) is 0 Å². The van der Waals surface area contributed by atoms with Gasteiger partial charge in [0.15, 0.2) is 0 Å². The lowest BCUT2D eigenvalue weighted by atomic mass is 9.81. The molecule has 0 unspecified atom stereocenters. The molecule has 1 aromatic rings. The number of rotatable bonds is 5. The quantitative estimate of drug-likeness (QED) is 0.735. The second-order valence-electron chi connectivity index (χ2n) is 4.47. The molecule has 0 fully saturated rings. The Balaban J connectivity index is 2.72. The van der Waals surface area contributed by atoms with Gasteiger partial charge in [-0.25, -0.2) is 4.39 Å². The lowest BCUT2D eigenvalue weighted by Gasteiger charge is -2.25. The van der Waals surface area contributed by atoms with Crippen LogP contribution >= 0.6 is 0 Å². The summed E-state index contributed by atoms with van der Waals surface area (Å²) >= 11 is 0. The van der Waals surface area contributed by atoms with E-state index in [1.165, 1.54) is 6.07 Å². The minimum atomic E-state index is -0.104. The van der Waals surface area contributed by atoms with Crippen molar-refractivity contribution >= 4 is 0 Å². The molecule has 0 radical (unpaired) electrons. The number of hydrogen-bond donors (Lipinski definition) is 1. The maximum absolute atomic E-state index is 13.6. The van der Waals surface area contributed by atoms with Gasteiger partial charge in [0.1, 0.15) is 5.82 Å². The number of nitrogens with one attached hydrogen (secondary N) is 1. The van der Waals surface area contributed by atoms with Crippen molar-refractivity contribution in [3.05, 3.63) is 35.6 Å². The van der Waals surface area contributed by atoms with Crippen LogP contribution in [-0.4, -0.2) is 13.1 Å². The molecule has 84 valence electrons. The first kappa shape index (κ1) is 12.2. The lowest BCUT2D eigenvalue weighted by Crippen LogP contribution is -2.26. The van der Waals surface area contributed by atoms with Gasteiger partial charge in [-0.15, -0.1) is 0 Å². The van der Waals surface area contributed by atoms with Crippen LogP contribution in [0.1, 0.15) is 32.8 Å². The summed E-state index contributed by atoms with van der Waals surface area (Å²) in [7, 11) is 0. The minimum Gasteiger partial charge on any atom is -0.317 e. The maximum atomic E-state index is 13.6. The molecule has 0 saturated carbocycles. The molecule has 0 spiro atoms. The minimum absolute atomic E-state index is 0.0981. The average molecular weight is 209 g/mol. The van der Waals surface area contributed by atoms with Crippen LogP contribution in [0.15, 0.2) is 24.3 Å². The summed E-state index contributed by atoms with van der Waals surface area (Å²) in [6.45, 7) is 8.15. The van der Waals surface area contributed by atoms with Crippen molar-refractivity contribution in [3.8, 4) is 0 Å². The van der Waals surface area contributed by atoms with Crippen molar-refractivity contribution < 1.29 is 4.39 Å². The molecule has 15 heavy (non-hydrogen) atoms. The van der Waals surface area contributed by atoms with Crippen LogP contribution in [0, 0.1) is 5.82 Å². The van der Waals surface area contributed by atoms with Crippen LogP contribution in [0.4, 0.5) is 4.39 Å². The van der Waals surface area contributed by atoms with Gasteiger partial charge >= 0.3 is 0 Å². The zero-order valence-electron chi connectivity index (χ0n) is 9.81.